The summed E-state index contributed by atoms with van der Waals surface area (Å²) in [6.07, 6.45) is 3.12. The number of rotatable bonds is 9. The number of benzene rings is 1. The molecule has 0 aliphatic heterocycles. The largest absolute Gasteiger partial charge is 0.396 e. The Labute approximate surface area is 124 Å². The van der Waals surface area contributed by atoms with Gasteiger partial charge >= 0.3 is 0 Å². The van der Waals surface area contributed by atoms with Gasteiger partial charge in [0.25, 0.3) is 0 Å². The quantitative estimate of drug-likeness (QED) is 0.681. The van der Waals surface area contributed by atoms with Crippen molar-refractivity contribution in [3.05, 3.63) is 29.3 Å². The second kappa shape index (κ2) is 8.98. The molecule has 2 N–H and O–H groups in total. The van der Waals surface area contributed by atoms with Gasteiger partial charge in [-0.15, -0.1) is 0 Å². The number of unbranched alkanes of at least 4 members (excludes halogenated alkanes) is 2. The predicted molar refractivity (Wildman–Crippen MR) is 87.4 cm³/mol. The van der Waals surface area contributed by atoms with E-state index in [1.54, 1.807) is 0 Å². The molecule has 0 atom stereocenters. The minimum absolute atomic E-state index is 0.303. The molecule has 0 unspecified atom stereocenters. The topological polar surface area (TPSA) is 35.5 Å². The van der Waals surface area contributed by atoms with Crippen LogP contribution < -0.4 is 10.2 Å². The number of hydrogen-bond acceptors (Lipinski definition) is 3. The third-order valence-electron chi connectivity index (χ3n) is 3.50. The summed E-state index contributed by atoms with van der Waals surface area (Å²) in [4.78, 5) is 2.33. The molecule has 0 fully saturated rings. The Balaban J connectivity index is 2.66. The Kier molecular flexibility index (Phi) is 7.63. The van der Waals surface area contributed by atoms with Crippen LogP contribution in [0, 0.1) is 6.92 Å². The predicted octanol–water partition coefficient (Wildman–Crippen LogP) is 3.09. The fraction of sp³-hybridized carbons (Fsp3) is 0.647. The number of aliphatic hydroxyl groups excluding tert-OH is 1. The first-order chi connectivity index (χ1) is 9.54. The Morgan fingerprint density at radius 1 is 1.20 bits per heavy atom. The van der Waals surface area contributed by atoms with Gasteiger partial charge in [0.2, 0.25) is 0 Å². The molecule has 20 heavy (non-hydrogen) atoms. The molecular weight excluding hydrogens is 248 g/mol. The molecular formula is C17H30N2O. The lowest BCUT2D eigenvalue weighted by Gasteiger charge is -2.23. The van der Waals surface area contributed by atoms with Gasteiger partial charge in [0, 0.05) is 38.5 Å². The zero-order chi connectivity index (χ0) is 15.0. The molecule has 0 saturated heterocycles. The summed E-state index contributed by atoms with van der Waals surface area (Å²) in [6, 6.07) is 7.17. The molecule has 114 valence electrons. The molecule has 0 aliphatic carbocycles. The standard InChI is InChI=1S/C17H30N2O/c1-14(2)18-13-16-12-15(3)8-9-17(16)19(4)10-6-5-7-11-20/h8-9,12,14,18,20H,5-7,10-11,13H2,1-4H3. The second-order valence-electron chi connectivity index (χ2n) is 5.87. The molecule has 0 aromatic heterocycles. The van der Waals surface area contributed by atoms with Crippen molar-refractivity contribution in [2.45, 2.75) is 52.6 Å². The van der Waals surface area contributed by atoms with Crippen LogP contribution in [-0.2, 0) is 6.54 Å². The van der Waals surface area contributed by atoms with Crippen molar-refractivity contribution in [3.63, 3.8) is 0 Å². The molecule has 0 radical (unpaired) electrons. The van der Waals surface area contributed by atoms with Crippen molar-refractivity contribution < 1.29 is 5.11 Å². The Morgan fingerprint density at radius 3 is 2.60 bits per heavy atom. The van der Waals surface area contributed by atoms with Crippen LogP contribution in [0.15, 0.2) is 18.2 Å². The third kappa shape index (κ3) is 5.93. The van der Waals surface area contributed by atoms with E-state index in [-0.39, 0.29) is 0 Å². The van der Waals surface area contributed by atoms with Gasteiger partial charge in [0.15, 0.2) is 0 Å². The van der Waals surface area contributed by atoms with Gasteiger partial charge in [-0.2, -0.15) is 0 Å². The van der Waals surface area contributed by atoms with Crippen LogP contribution in [0.3, 0.4) is 0 Å². The van der Waals surface area contributed by atoms with Crippen LogP contribution in [0.25, 0.3) is 0 Å². The average molecular weight is 278 g/mol. The Hall–Kier alpha value is -1.06. The summed E-state index contributed by atoms with van der Waals surface area (Å²) in [5, 5.41) is 12.3. The van der Waals surface area contributed by atoms with Crippen LogP contribution in [0.2, 0.25) is 0 Å². The van der Waals surface area contributed by atoms with Gasteiger partial charge in [0.1, 0.15) is 0 Å². The normalized spacial score (nSPS) is 11.1. The molecule has 0 saturated carbocycles. The van der Waals surface area contributed by atoms with E-state index in [9.17, 15) is 0 Å². The highest BCUT2D eigenvalue weighted by atomic mass is 16.2. The van der Waals surface area contributed by atoms with Crippen molar-refractivity contribution in [2.24, 2.45) is 0 Å². The van der Waals surface area contributed by atoms with E-state index in [0.29, 0.717) is 12.6 Å². The number of nitrogens with zero attached hydrogens (tertiary/aromatic N) is 1. The molecule has 0 amide bonds. The number of hydrogen-bond donors (Lipinski definition) is 2. The zero-order valence-corrected chi connectivity index (χ0v) is 13.4. The van der Waals surface area contributed by atoms with Crippen molar-refractivity contribution in [1.29, 1.82) is 0 Å². The van der Waals surface area contributed by atoms with Crippen molar-refractivity contribution >= 4 is 5.69 Å². The molecule has 3 nitrogen and oxygen atoms in total. The second-order valence-corrected chi connectivity index (χ2v) is 5.87. The summed E-state index contributed by atoms with van der Waals surface area (Å²) in [7, 11) is 2.16. The Bertz CT molecular complexity index is 391. The fourth-order valence-electron chi connectivity index (χ4n) is 2.30. The van der Waals surface area contributed by atoms with E-state index < -0.39 is 0 Å². The third-order valence-corrected chi connectivity index (χ3v) is 3.50. The van der Waals surface area contributed by atoms with E-state index in [1.807, 2.05) is 0 Å². The average Bonchev–Trinajstić information content (AvgIpc) is 2.41. The lowest BCUT2D eigenvalue weighted by atomic mass is 10.1. The maximum Gasteiger partial charge on any atom is 0.0431 e. The molecule has 0 heterocycles. The van der Waals surface area contributed by atoms with Gasteiger partial charge in [-0.1, -0.05) is 31.5 Å². The van der Waals surface area contributed by atoms with Gasteiger partial charge in [-0.25, -0.2) is 0 Å². The minimum atomic E-state index is 0.303. The first-order valence-corrected chi connectivity index (χ1v) is 7.69. The van der Waals surface area contributed by atoms with Crippen LogP contribution in [0.5, 0.6) is 0 Å². The van der Waals surface area contributed by atoms with Crippen LogP contribution in [0.1, 0.15) is 44.2 Å². The first-order valence-electron chi connectivity index (χ1n) is 7.69. The lowest BCUT2D eigenvalue weighted by Crippen LogP contribution is -2.25. The molecule has 3 heteroatoms. The van der Waals surface area contributed by atoms with Crippen LogP contribution >= 0.6 is 0 Å². The summed E-state index contributed by atoms with van der Waals surface area (Å²) in [5.41, 5.74) is 3.99. The summed E-state index contributed by atoms with van der Waals surface area (Å²) in [5.74, 6) is 0. The maximum atomic E-state index is 8.82. The molecule has 1 aromatic carbocycles. The van der Waals surface area contributed by atoms with E-state index in [2.05, 4.69) is 56.2 Å². The summed E-state index contributed by atoms with van der Waals surface area (Å²) < 4.78 is 0. The number of aliphatic hydroxyl groups is 1. The van der Waals surface area contributed by atoms with E-state index >= 15 is 0 Å². The highest BCUT2D eigenvalue weighted by molar-refractivity contribution is 5.54. The first kappa shape index (κ1) is 17.0. The summed E-state index contributed by atoms with van der Waals surface area (Å²) in [6.45, 7) is 8.75. The van der Waals surface area contributed by atoms with Crippen molar-refractivity contribution in [1.82, 2.24) is 5.32 Å². The highest BCUT2D eigenvalue weighted by Crippen LogP contribution is 2.21. The van der Waals surface area contributed by atoms with Gasteiger partial charge in [-0.05, 0) is 37.8 Å². The smallest absolute Gasteiger partial charge is 0.0431 e. The molecule has 0 aliphatic rings. The number of nitrogens with one attached hydrogen (secondary N) is 1. The van der Waals surface area contributed by atoms with Crippen LogP contribution in [0.4, 0.5) is 5.69 Å². The minimum Gasteiger partial charge on any atom is -0.396 e. The van der Waals surface area contributed by atoms with E-state index in [0.717, 1.165) is 32.4 Å². The van der Waals surface area contributed by atoms with E-state index in [4.69, 9.17) is 5.11 Å². The molecule has 0 bridgehead atoms. The van der Waals surface area contributed by atoms with Crippen LogP contribution in [-0.4, -0.2) is 31.3 Å². The lowest BCUT2D eigenvalue weighted by molar-refractivity contribution is 0.283. The fourth-order valence-corrected chi connectivity index (χ4v) is 2.30. The van der Waals surface area contributed by atoms with Gasteiger partial charge in [-0.3, -0.25) is 0 Å². The highest BCUT2D eigenvalue weighted by Gasteiger charge is 2.08. The molecule has 1 aromatic rings. The van der Waals surface area contributed by atoms with Gasteiger partial charge in [0.05, 0.1) is 0 Å². The van der Waals surface area contributed by atoms with Crippen molar-refractivity contribution in [3.8, 4) is 0 Å². The molecule has 1 rings (SSSR count). The number of aryl methyl sites for hydroxylation is 1. The van der Waals surface area contributed by atoms with E-state index in [1.165, 1.54) is 16.8 Å². The SMILES string of the molecule is Cc1ccc(N(C)CCCCCO)c(CNC(C)C)c1. The monoisotopic (exact) mass is 278 g/mol. The molecule has 0 spiro atoms. The maximum absolute atomic E-state index is 8.82. The van der Waals surface area contributed by atoms with Gasteiger partial charge < -0.3 is 15.3 Å². The number of anilines is 1. The summed E-state index contributed by atoms with van der Waals surface area (Å²) >= 11 is 0. The van der Waals surface area contributed by atoms with Crippen molar-refractivity contribution in [2.75, 3.05) is 25.1 Å². The Morgan fingerprint density at radius 2 is 1.95 bits per heavy atom. The zero-order valence-electron chi connectivity index (χ0n) is 13.4.